The fourth-order valence-corrected chi connectivity index (χ4v) is 4.51. The lowest BCUT2D eigenvalue weighted by Crippen LogP contribution is -2.22. The zero-order chi connectivity index (χ0) is 29.0. The summed E-state index contributed by atoms with van der Waals surface area (Å²) < 4.78 is 17.0. The first-order chi connectivity index (χ1) is 18.7. The molecule has 0 radical (unpaired) electrons. The van der Waals surface area contributed by atoms with Crippen molar-refractivity contribution in [3.8, 4) is 0 Å². The quantitative estimate of drug-likeness (QED) is 0.0868. The highest BCUT2D eigenvalue weighted by Crippen LogP contribution is 2.20. The number of esters is 3. The Morgan fingerprint density at radius 3 is 1.33 bits per heavy atom. The lowest BCUT2D eigenvalue weighted by Gasteiger charge is -2.18. The first-order valence-electron chi connectivity index (χ1n) is 15.5. The van der Waals surface area contributed by atoms with Crippen molar-refractivity contribution < 1.29 is 28.6 Å². The molecule has 3 atom stereocenters. The molecule has 39 heavy (non-hydrogen) atoms. The molecular formula is C33H54O6. The molecule has 0 saturated carbocycles. The summed E-state index contributed by atoms with van der Waals surface area (Å²) in [5.74, 6) is -1.71. The van der Waals surface area contributed by atoms with Gasteiger partial charge in [0.2, 0.25) is 0 Å². The van der Waals surface area contributed by atoms with Gasteiger partial charge >= 0.3 is 17.9 Å². The zero-order valence-electron chi connectivity index (χ0n) is 25.5. The Morgan fingerprint density at radius 1 is 0.538 bits per heavy atom. The molecule has 0 heterocycles. The number of hydrogen-bond donors (Lipinski definition) is 0. The summed E-state index contributed by atoms with van der Waals surface area (Å²) in [5, 5.41) is 0. The topological polar surface area (TPSA) is 78.9 Å². The van der Waals surface area contributed by atoms with Gasteiger partial charge in [0.05, 0.1) is 35.0 Å². The first-order valence-corrected chi connectivity index (χ1v) is 15.5. The van der Waals surface area contributed by atoms with E-state index in [0.717, 1.165) is 96.3 Å². The van der Waals surface area contributed by atoms with Crippen LogP contribution in [0.3, 0.4) is 0 Å². The number of benzene rings is 1. The molecular weight excluding hydrogens is 492 g/mol. The van der Waals surface area contributed by atoms with E-state index in [1.807, 2.05) is 20.8 Å². The summed E-state index contributed by atoms with van der Waals surface area (Å²) >= 11 is 0. The van der Waals surface area contributed by atoms with Gasteiger partial charge in [-0.05, 0) is 77.5 Å². The van der Waals surface area contributed by atoms with E-state index in [2.05, 4.69) is 20.8 Å². The van der Waals surface area contributed by atoms with Crippen LogP contribution in [-0.4, -0.2) is 36.2 Å². The van der Waals surface area contributed by atoms with Crippen molar-refractivity contribution in [3.63, 3.8) is 0 Å². The van der Waals surface area contributed by atoms with Crippen LogP contribution in [0.25, 0.3) is 0 Å². The monoisotopic (exact) mass is 546 g/mol. The first kappa shape index (κ1) is 34.7. The van der Waals surface area contributed by atoms with E-state index in [1.54, 1.807) is 0 Å². The van der Waals surface area contributed by atoms with Crippen LogP contribution < -0.4 is 0 Å². The third-order valence-electron chi connectivity index (χ3n) is 7.01. The molecule has 6 nitrogen and oxygen atoms in total. The van der Waals surface area contributed by atoms with E-state index in [9.17, 15) is 14.4 Å². The molecule has 1 rings (SSSR count). The SMILES string of the molecule is CCCCCCC(C)OC(=O)c1ccc(C(=O)OC(C)CCCCCC)c(C(=O)OC(C)CCCCCC)c1. The average molecular weight is 547 g/mol. The van der Waals surface area contributed by atoms with Gasteiger partial charge in [-0.3, -0.25) is 0 Å². The molecule has 0 aliphatic carbocycles. The van der Waals surface area contributed by atoms with Gasteiger partial charge in [0, 0.05) is 0 Å². The van der Waals surface area contributed by atoms with Crippen LogP contribution in [-0.2, 0) is 14.2 Å². The Kier molecular flexibility index (Phi) is 18.2. The van der Waals surface area contributed by atoms with E-state index in [-0.39, 0.29) is 35.0 Å². The predicted octanol–water partition coefficient (Wildman–Crippen LogP) is 9.23. The van der Waals surface area contributed by atoms with Gasteiger partial charge < -0.3 is 14.2 Å². The molecule has 1 aromatic rings. The number of hydrogen-bond acceptors (Lipinski definition) is 6. The van der Waals surface area contributed by atoms with E-state index in [0.29, 0.717) is 0 Å². The second-order valence-electron chi connectivity index (χ2n) is 11.0. The summed E-state index contributed by atoms with van der Waals surface area (Å²) in [5.41, 5.74) is 0.383. The Morgan fingerprint density at radius 2 is 0.923 bits per heavy atom. The molecule has 0 saturated heterocycles. The molecule has 0 amide bonds. The van der Waals surface area contributed by atoms with Crippen molar-refractivity contribution in [2.24, 2.45) is 0 Å². The fraction of sp³-hybridized carbons (Fsp3) is 0.727. The smallest absolute Gasteiger partial charge is 0.339 e. The van der Waals surface area contributed by atoms with Gasteiger partial charge in [0.15, 0.2) is 0 Å². The summed E-state index contributed by atoms with van der Waals surface area (Å²) in [7, 11) is 0. The van der Waals surface area contributed by atoms with Crippen LogP contribution in [0.5, 0.6) is 0 Å². The van der Waals surface area contributed by atoms with Crippen LogP contribution in [0, 0.1) is 0 Å². The van der Waals surface area contributed by atoms with Crippen LogP contribution in [0.1, 0.15) is 169 Å². The van der Waals surface area contributed by atoms with Crippen LogP contribution in [0.4, 0.5) is 0 Å². The highest BCUT2D eigenvalue weighted by atomic mass is 16.6. The molecule has 0 aromatic heterocycles. The van der Waals surface area contributed by atoms with E-state index >= 15 is 0 Å². The highest BCUT2D eigenvalue weighted by Gasteiger charge is 2.25. The van der Waals surface area contributed by atoms with Gasteiger partial charge in [0.1, 0.15) is 0 Å². The second-order valence-corrected chi connectivity index (χ2v) is 11.0. The number of unbranched alkanes of at least 4 members (excludes halogenated alkanes) is 9. The number of carbonyl (C=O) groups is 3. The minimum absolute atomic E-state index is 0.0450. The lowest BCUT2D eigenvalue weighted by atomic mass is 10.0. The maximum absolute atomic E-state index is 13.2. The van der Waals surface area contributed by atoms with Gasteiger partial charge in [0.25, 0.3) is 0 Å². The van der Waals surface area contributed by atoms with Crippen molar-refractivity contribution in [2.45, 2.75) is 156 Å². The molecule has 3 unspecified atom stereocenters. The van der Waals surface area contributed by atoms with Crippen molar-refractivity contribution in [1.82, 2.24) is 0 Å². The van der Waals surface area contributed by atoms with E-state index < -0.39 is 17.9 Å². The lowest BCUT2D eigenvalue weighted by molar-refractivity contribution is 0.0267. The summed E-state index contributed by atoms with van der Waals surface area (Å²) in [4.78, 5) is 39.2. The highest BCUT2D eigenvalue weighted by molar-refractivity contribution is 6.05. The fourth-order valence-electron chi connectivity index (χ4n) is 4.51. The molecule has 0 aliphatic heterocycles. The average Bonchev–Trinajstić information content (AvgIpc) is 2.91. The number of rotatable bonds is 21. The maximum atomic E-state index is 13.2. The van der Waals surface area contributed by atoms with Crippen LogP contribution in [0.2, 0.25) is 0 Å². The number of carbonyl (C=O) groups excluding carboxylic acids is 3. The summed E-state index contributed by atoms with van der Waals surface area (Å²) in [6.45, 7) is 12.1. The molecule has 0 aliphatic rings. The van der Waals surface area contributed by atoms with Crippen LogP contribution >= 0.6 is 0 Å². The Bertz CT molecular complexity index is 849. The molecule has 0 bridgehead atoms. The molecule has 6 heteroatoms. The standard InChI is InChI=1S/C33H54O6/c1-7-10-13-16-19-25(4)37-31(34)28-22-23-29(32(35)38-26(5)20-17-14-11-8-2)30(24-28)33(36)39-27(6)21-18-15-12-9-3/h22-27H,7-21H2,1-6H3. The molecule has 0 fully saturated rings. The van der Waals surface area contributed by atoms with Crippen molar-refractivity contribution in [2.75, 3.05) is 0 Å². The van der Waals surface area contributed by atoms with Crippen molar-refractivity contribution >= 4 is 17.9 Å². The summed E-state index contributed by atoms with van der Waals surface area (Å²) in [6, 6.07) is 4.43. The van der Waals surface area contributed by atoms with E-state index in [1.165, 1.54) is 18.2 Å². The summed E-state index contributed by atoms with van der Waals surface area (Å²) in [6.07, 6.45) is 14.6. The number of ether oxygens (including phenoxy) is 3. The normalized spacial score (nSPS) is 13.4. The minimum atomic E-state index is -0.622. The predicted molar refractivity (Wildman–Crippen MR) is 157 cm³/mol. The Hall–Kier alpha value is -2.37. The largest absolute Gasteiger partial charge is 0.459 e. The van der Waals surface area contributed by atoms with Gasteiger partial charge in [-0.15, -0.1) is 0 Å². The van der Waals surface area contributed by atoms with Crippen molar-refractivity contribution in [1.29, 1.82) is 0 Å². The van der Waals surface area contributed by atoms with E-state index in [4.69, 9.17) is 14.2 Å². The third kappa shape index (κ3) is 14.5. The van der Waals surface area contributed by atoms with Crippen molar-refractivity contribution in [3.05, 3.63) is 34.9 Å². The van der Waals surface area contributed by atoms with Gasteiger partial charge in [-0.1, -0.05) is 78.6 Å². The Balaban J connectivity index is 3.00. The zero-order valence-corrected chi connectivity index (χ0v) is 25.5. The van der Waals surface area contributed by atoms with Gasteiger partial charge in [-0.25, -0.2) is 14.4 Å². The van der Waals surface area contributed by atoms with Crippen LogP contribution in [0.15, 0.2) is 18.2 Å². The third-order valence-corrected chi connectivity index (χ3v) is 7.01. The second kappa shape index (κ2) is 20.5. The molecule has 0 N–H and O–H groups in total. The van der Waals surface area contributed by atoms with Gasteiger partial charge in [-0.2, -0.15) is 0 Å². The molecule has 1 aromatic carbocycles. The Labute approximate surface area is 237 Å². The molecule has 0 spiro atoms. The molecule has 222 valence electrons. The maximum Gasteiger partial charge on any atom is 0.339 e. The minimum Gasteiger partial charge on any atom is -0.459 e.